The molecule has 0 aliphatic carbocycles. The van der Waals surface area contributed by atoms with E-state index in [2.05, 4.69) is 10.9 Å². The highest BCUT2D eigenvalue weighted by molar-refractivity contribution is 6.31. The van der Waals surface area contributed by atoms with Gasteiger partial charge in [-0.05, 0) is 42.8 Å². The Morgan fingerprint density at radius 3 is 2.39 bits per heavy atom. The first-order valence-electron chi connectivity index (χ1n) is 7.15. The van der Waals surface area contributed by atoms with E-state index < -0.39 is 5.91 Å². The van der Waals surface area contributed by atoms with E-state index in [0.29, 0.717) is 28.5 Å². The second-order valence-corrected chi connectivity index (χ2v) is 5.14. The van der Waals surface area contributed by atoms with Gasteiger partial charge in [-0.25, -0.2) is 0 Å². The smallest absolute Gasteiger partial charge is 0.269 e. The second kappa shape index (κ2) is 8.19. The lowest BCUT2D eigenvalue weighted by Gasteiger charge is -2.09. The predicted molar refractivity (Wildman–Crippen MR) is 88.4 cm³/mol. The van der Waals surface area contributed by atoms with Crippen molar-refractivity contribution in [2.24, 2.45) is 0 Å². The Hall–Kier alpha value is -2.53. The van der Waals surface area contributed by atoms with Crippen molar-refractivity contribution in [2.75, 3.05) is 6.61 Å². The minimum absolute atomic E-state index is 0.0865. The molecule has 0 spiro atoms. The van der Waals surface area contributed by atoms with Gasteiger partial charge in [0, 0.05) is 10.6 Å². The van der Waals surface area contributed by atoms with Crippen LogP contribution in [0.5, 0.6) is 5.75 Å². The Kier molecular flexibility index (Phi) is 6.00. The number of hydrogen-bond acceptors (Lipinski definition) is 3. The van der Waals surface area contributed by atoms with Crippen LogP contribution in [0.3, 0.4) is 0 Å². The lowest BCUT2D eigenvalue weighted by Crippen LogP contribution is -2.42. The molecule has 6 heteroatoms. The quantitative estimate of drug-likeness (QED) is 0.827. The molecule has 2 amide bonds. The number of carbonyl (C=O) groups excluding carboxylic acids is 2. The predicted octanol–water partition coefficient (Wildman–Crippen LogP) is 2.74. The lowest BCUT2D eigenvalue weighted by molar-refractivity contribution is -0.121. The van der Waals surface area contributed by atoms with Crippen LogP contribution in [0.1, 0.15) is 22.8 Å². The largest absolute Gasteiger partial charge is 0.494 e. The second-order valence-electron chi connectivity index (χ2n) is 4.73. The first-order chi connectivity index (χ1) is 11.1. The number of ether oxygens (including phenoxy) is 1. The van der Waals surface area contributed by atoms with Gasteiger partial charge >= 0.3 is 0 Å². The highest BCUT2D eigenvalue weighted by atomic mass is 35.5. The van der Waals surface area contributed by atoms with Crippen LogP contribution in [0, 0.1) is 0 Å². The van der Waals surface area contributed by atoms with Gasteiger partial charge in [-0.15, -0.1) is 0 Å². The van der Waals surface area contributed by atoms with Crippen LogP contribution in [0.25, 0.3) is 0 Å². The Balaban J connectivity index is 1.86. The summed E-state index contributed by atoms with van der Waals surface area (Å²) >= 11 is 5.99. The SMILES string of the molecule is CCOc1ccc(C(=O)NNC(=O)Cc2ccccc2Cl)cc1. The fraction of sp³-hybridized carbons (Fsp3) is 0.176. The number of amides is 2. The zero-order valence-corrected chi connectivity index (χ0v) is 13.4. The Morgan fingerprint density at radius 2 is 1.74 bits per heavy atom. The fourth-order valence-corrected chi connectivity index (χ4v) is 2.13. The minimum Gasteiger partial charge on any atom is -0.494 e. The molecule has 120 valence electrons. The summed E-state index contributed by atoms with van der Waals surface area (Å²) in [7, 11) is 0. The maximum absolute atomic E-state index is 11.9. The van der Waals surface area contributed by atoms with Gasteiger partial charge in [0.15, 0.2) is 0 Å². The van der Waals surface area contributed by atoms with Crippen LogP contribution in [0.2, 0.25) is 5.02 Å². The first-order valence-corrected chi connectivity index (χ1v) is 7.53. The van der Waals surface area contributed by atoms with E-state index >= 15 is 0 Å². The molecule has 0 radical (unpaired) electrons. The molecule has 0 aromatic heterocycles. The third-order valence-corrected chi connectivity index (χ3v) is 3.42. The van der Waals surface area contributed by atoms with Gasteiger partial charge < -0.3 is 4.74 Å². The van der Waals surface area contributed by atoms with E-state index in [4.69, 9.17) is 16.3 Å². The standard InChI is InChI=1S/C17H17ClN2O3/c1-2-23-14-9-7-12(8-10-14)17(22)20-19-16(21)11-13-5-3-4-6-15(13)18/h3-10H,2,11H2,1H3,(H,19,21)(H,20,22). The van der Waals surface area contributed by atoms with Crippen LogP contribution < -0.4 is 15.6 Å². The molecule has 5 nitrogen and oxygen atoms in total. The number of benzene rings is 2. The van der Waals surface area contributed by atoms with E-state index in [1.807, 2.05) is 6.92 Å². The van der Waals surface area contributed by atoms with Gasteiger partial charge in [0.1, 0.15) is 5.75 Å². The van der Waals surface area contributed by atoms with E-state index in [1.54, 1.807) is 48.5 Å². The van der Waals surface area contributed by atoms with Crippen LogP contribution in [0.4, 0.5) is 0 Å². The molecular formula is C17H17ClN2O3. The molecule has 0 aliphatic heterocycles. The van der Waals surface area contributed by atoms with E-state index in [-0.39, 0.29) is 12.3 Å². The summed E-state index contributed by atoms with van der Waals surface area (Å²) in [4.78, 5) is 23.8. The van der Waals surface area contributed by atoms with Gasteiger partial charge in [-0.1, -0.05) is 29.8 Å². The normalized spacial score (nSPS) is 10.0. The number of halogens is 1. The summed E-state index contributed by atoms with van der Waals surface area (Å²) in [6.07, 6.45) is 0.0865. The molecule has 0 bridgehead atoms. The molecule has 0 aliphatic rings. The monoisotopic (exact) mass is 332 g/mol. The number of hydrazine groups is 1. The Bertz CT molecular complexity index is 686. The van der Waals surface area contributed by atoms with Crippen molar-refractivity contribution < 1.29 is 14.3 Å². The topological polar surface area (TPSA) is 67.4 Å². The molecule has 23 heavy (non-hydrogen) atoms. The van der Waals surface area contributed by atoms with Crippen LogP contribution in [-0.4, -0.2) is 18.4 Å². The molecule has 0 atom stereocenters. The van der Waals surface area contributed by atoms with Gasteiger partial charge in [0.25, 0.3) is 5.91 Å². The number of nitrogens with one attached hydrogen (secondary N) is 2. The summed E-state index contributed by atoms with van der Waals surface area (Å²) < 4.78 is 5.30. The first kappa shape index (κ1) is 16.8. The number of carbonyl (C=O) groups is 2. The van der Waals surface area contributed by atoms with Crippen molar-refractivity contribution in [3.8, 4) is 5.75 Å². The molecule has 0 heterocycles. The van der Waals surface area contributed by atoms with Crippen molar-refractivity contribution in [1.82, 2.24) is 10.9 Å². The van der Waals surface area contributed by atoms with Crippen molar-refractivity contribution in [3.63, 3.8) is 0 Å². The molecule has 0 unspecified atom stereocenters. The minimum atomic E-state index is -0.402. The summed E-state index contributed by atoms with van der Waals surface area (Å²) in [6.45, 7) is 2.44. The lowest BCUT2D eigenvalue weighted by atomic mass is 10.1. The number of rotatable bonds is 5. The highest BCUT2D eigenvalue weighted by Crippen LogP contribution is 2.15. The Labute approximate surface area is 139 Å². The van der Waals surface area contributed by atoms with Crippen molar-refractivity contribution in [2.45, 2.75) is 13.3 Å². The molecular weight excluding hydrogens is 316 g/mol. The molecule has 2 aromatic carbocycles. The van der Waals surface area contributed by atoms with Crippen molar-refractivity contribution >= 4 is 23.4 Å². The van der Waals surface area contributed by atoms with Crippen LogP contribution in [0.15, 0.2) is 48.5 Å². The van der Waals surface area contributed by atoms with E-state index in [0.717, 1.165) is 0 Å². The van der Waals surface area contributed by atoms with Gasteiger partial charge in [0.05, 0.1) is 13.0 Å². The molecule has 0 saturated carbocycles. The van der Waals surface area contributed by atoms with E-state index in [9.17, 15) is 9.59 Å². The third kappa shape index (κ3) is 5.00. The maximum Gasteiger partial charge on any atom is 0.269 e. The summed E-state index contributed by atoms with van der Waals surface area (Å²) in [5.41, 5.74) is 5.85. The van der Waals surface area contributed by atoms with Crippen LogP contribution >= 0.6 is 11.6 Å². The van der Waals surface area contributed by atoms with Crippen molar-refractivity contribution in [1.29, 1.82) is 0 Å². The highest BCUT2D eigenvalue weighted by Gasteiger charge is 2.09. The number of hydrogen-bond donors (Lipinski definition) is 2. The summed E-state index contributed by atoms with van der Waals surface area (Å²) in [5, 5.41) is 0.514. The van der Waals surface area contributed by atoms with Gasteiger partial charge in [0.2, 0.25) is 5.91 Å². The summed E-state index contributed by atoms with van der Waals surface area (Å²) in [5.74, 6) is -0.0650. The molecule has 0 saturated heterocycles. The molecule has 2 aromatic rings. The maximum atomic E-state index is 11.9. The molecule has 2 rings (SSSR count). The average molecular weight is 333 g/mol. The van der Waals surface area contributed by atoms with E-state index in [1.165, 1.54) is 0 Å². The van der Waals surface area contributed by atoms with Gasteiger partial charge in [-0.3, -0.25) is 20.4 Å². The molecule has 0 fully saturated rings. The molecule has 2 N–H and O–H groups in total. The van der Waals surface area contributed by atoms with Crippen LogP contribution in [-0.2, 0) is 11.2 Å². The van der Waals surface area contributed by atoms with Crippen molar-refractivity contribution in [3.05, 3.63) is 64.7 Å². The summed E-state index contributed by atoms with van der Waals surface area (Å²) in [6, 6.07) is 13.7. The van der Waals surface area contributed by atoms with Gasteiger partial charge in [-0.2, -0.15) is 0 Å². The zero-order chi connectivity index (χ0) is 16.7. The fourth-order valence-electron chi connectivity index (χ4n) is 1.93. The Morgan fingerprint density at radius 1 is 1.04 bits per heavy atom. The average Bonchev–Trinajstić information content (AvgIpc) is 2.56. The third-order valence-electron chi connectivity index (χ3n) is 3.05. The zero-order valence-electron chi connectivity index (χ0n) is 12.6.